The number of nitrogens with zero attached hydrogens (tertiary/aromatic N) is 2. The molecule has 0 unspecified atom stereocenters. The maximum atomic E-state index is 12.8. The summed E-state index contributed by atoms with van der Waals surface area (Å²) < 4.78 is 28.0. The van der Waals surface area contributed by atoms with Gasteiger partial charge in [0.15, 0.2) is 11.5 Å². The van der Waals surface area contributed by atoms with Gasteiger partial charge in [0.05, 0.1) is 46.4 Å². The minimum atomic E-state index is -0.381. The van der Waals surface area contributed by atoms with Gasteiger partial charge in [0.1, 0.15) is 5.75 Å². The van der Waals surface area contributed by atoms with E-state index in [1.54, 1.807) is 25.5 Å². The number of hydrazone groups is 1. The van der Waals surface area contributed by atoms with E-state index in [9.17, 15) is 4.79 Å². The molecule has 0 atom stereocenters. The van der Waals surface area contributed by atoms with Gasteiger partial charge in [-0.2, -0.15) is 5.10 Å². The topological polar surface area (TPSA) is 90.9 Å². The molecule has 9 nitrogen and oxygen atoms in total. The van der Waals surface area contributed by atoms with Crippen molar-refractivity contribution in [3.05, 3.63) is 47.0 Å². The predicted molar refractivity (Wildman–Crippen MR) is 134 cm³/mol. The Kier molecular flexibility index (Phi) is 10.2. The van der Waals surface area contributed by atoms with Crippen LogP contribution < -0.4 is 24.4 Å². The second-order valence-corrected chi connectivity index (χ2v) is 7.76. The molecule has 1 aliphatic heterocycles. The zero-order valence-electron chi connectivity index (χ0n) is 21.0. The van der Waals surface area contributed by atoms with E-state index >= 15 is 0 Å². The number of nitrogens with one attached hydrogen (secondary N) is 1. The second kappa shape index (κ2) is 13.6. The minimum Gasteiger partial charge on any atom is -0.496 e. The third kappa shape index (κ3) is 7.34. The molecule has 9 heteroatoms. The summed E-state index contributed by atoms with van der Waals surface area (Å²) in [5.41, 5.74) is 4.86. The molecule has 0 aliphatic carbocycles. The van der Waals surface area contributed by atoms with Crippen LogP contribution in [-0.2, 0) is 11.3 Å². The van der Waals surface area contributed by atoms with E-state index in [0.29, 0.717) is 42.6 Å². The van der Waals surface area contributed by atoms with Crippen LogP contribution in [0.4, 0.5) is 0 Å². The molecule has 3 rings (SSSR count). The van der Waals surface area contributed by atoms with Gasteiger partial charge in [-0.15, -0.1) is 0 Å². The summed E-state index contributed by atoms with van der Waals surface area (Å²) in [4.78, 5) is 15.2. The second-order valence-electron chi connectivity index (χ2n) is 7.76. The number of ether oxygens (including phenoxy) is 5. The number of carbonyl (C=O) groups is 1. The molecule has 1 fully saturated rings. The van der Waals surface area contributed by atoms with Crippen LogP contribution >= 0.6 is 0 Å². The number of hydrogen-bond donors (Lipinski definition) is 1. The Morgan fingerprint density at radius 1 is 1.00 bits per heavy atom. The van der Waals surface area contributed by atoms with Gasteiger partial charge in [-0.1, -0.05) is 0 Å². The predicted octanol–water partition coefficient (Wildman–Crippen LogP) is 3.49. The number of rotatable bonds is 12. The fourth-order valence-electron chi connectivity index (χ4n) is 3.75. The van der Waals surface area contributed by atoms with Crippen LogP contribution in [0.5, 0.6) is 23.0 Å². The molecule has 1 aliphatic rings. The molecule has 0 spiro atoms. The molecule has 1 N–H and O–H groups in total. The molecule has 190 valence electrons. The van der Waals surface area contributed by atoms with Crippen LogP contribution in [0.25, 0.3) is 0 Å². The van der Waals surface area contributed by atoms with Crippen LogP contribution in [0.2, 0.25) is 0 Å². The molecular formula is C26H35N3O6. The van der Waals surface area contributed by atoms with Gasteiger partial charge in [0, 0.05) is 30.8 Å². The largest absolute Gasteiger partial charge is 0.496 e. The molecule has 1 saturated heterocycles. The van der Waals surface area contributed by atoms with Crippen molar-refractivity contribution in [3.63, 3.8) is 0 Å². The molecule has 35 heavy (non-hydrogen) atoms. The monoisotopic (exact) mass is 485 g/mol. The fourth-order valence-corrected chi connectivity index (χ4v) is 3.75. The smallest absolute Gasteiger partial charge is 0.271 e. The first kappa shape index (κ1) is 26.3. The van der Waals surface area contributed by atoms with Gasteiger partial charge >= 0.3 is 0 Å². The van der Waals surface area contributed by atoms with Crippen LogP contribution in [-0.4, -0.2) is 70.3 Å². The minimum absolute atomic E-state index is 0.361. The van der Waals surface area contributed by atoms with Crippen molar-refractivity contribution < 1.29 is 28.5 Å². The number of benzene rings is 2. The van der Waals surface area contributed by atoms with Crippen molar-refractivity contribution in [2.45, 2.75) is 27.3 Å². The van der Waals surface area contributed by atoms with Crippen LogP contribution in [0.1, 0.15) is 42.3 Å². The van der Waals surface area contributed by atoms with Crippen molar-refractivity contribution in [1.29, 1.82) is 0 Å². The van der Waals surface area contributed by atoms with Gasteiger partial charge in [-0.3, -0.25) is 9.69 Å². The number of hydrogen-bond acceptors (Lipinski definition) is 8. The Morgan fingerprint density at radius 3 is 2.26 bits per heavy atom. The van der Waals surface area contributed by atoms with E-state index < -0.39 is 0 Å². The quantitative estimate of drug-likeness (QED) is 0.364. The first-order valence-electron chi connectivity index (χ1n) is 12.0. The summed E-state index contributed by atoms with van der Waals surface area (Å²) in [6, 6.07) is 9.09. The van der Waals surface area contributed by atoms with Gasteiger partial charge in [-0.05, 0) is 56.7 Å². The molecular weight excluding hydrogens is 450 g/mol. The lowest BCUT2D eigenvalue weighted by molar-refractivity contribution is 0.0339. The lowest BCUT2D eigenvalue weighted by atomic mass is 10.1. The standard InChI is InChI=1S/C26H35N3O6/c1-5-33-23-15-20(16-24(34-6-2)25(23)35-7-3)26(30)28-27-17-19-8-9-22(31-4)21(14-19)18-29-10-12-32-13-11-29/h8-9,14-17H,5-7,10-13,18H2,1-4H3,(H,28,30)/b27-17+. The molecule has 2 aromatic carbocycles. The lowest BCUT2D eigenvalue weighted by Crippen LogP contribution is -2.35. The SMILES string of the molecule is CCOc1cc(C(=O)N/N=C/c2ccc(OC)c(CN3CCOCC3)c2)cc(OCC)c1OCC. The first-order valence-corrected chi connectivity index (χ1v) is 12.0. The zero-order valence-corrected chi connectivity index (χ0v) is 21.0. The highest BCUT2D eigenvalue weighted by Gasteiger charge is 2.18. The zero-order chi connectivity index (χ0) is 25.0. The highest BCUT2D eigenvalue weighted by molar-refractivity contribution is 5.96. The van der Waals surface area contributed by atoms with Crippen molar-refractivity contribution in [1.82, 2.24) is 10.3 Å². The van der Waals surface area contributed by atoms with Crippen LogP contribution in [0.15, 0.2) is 35.4 Å². The third-order valence-electron chi connectivity index (χ3n) is 5.35. The van der Waals surface area contributed by atoms with Gasteiger partial charge < -0.3 is 23.7 Å². The molecule has 2 aromatic rings. The summed E-state index contributed by atoms with van der Waals surface area (Å²) in [5.74, 6) is 1.84. The van der Waals surface area contributed by atoms with E-state index in [2.05, 4.69) is 15.4 Å². The Morgan fingerprint density at radius 2 is 1.66 bits per heavy atom. The van der Waals surface area contributed by atoms with E-state index in [1.165, 1.54) is 0 Å². The summed E-state index contributed by atoms with van der Waals surface area (Å²) >= 11 is 0. The van der Waals surface area contributed by atoms with E-state index in [4.69, 9.17) is 23.7 Å². The first-order chi connectivity index (χ1) is 17.1. The number of carbonyl (C=O) groups excluding carboxylic acids is 1. The van der Waals surface area contributed by atoms with Gasteiger partial charge in [0.25, 0.3) is 5.91 Å². The Labute approximate surface area is 206 Å². The number of methoxy groups -OCH3 is 1. The molecule has 1 heterocycles. The van der Waals surface area contributed by atoms with Gasteiger partial charge in [-0.25, -0.2) is 5.43 Å². The van der Waals surface area contributed by atoms with Crippen molar-refractivity contribution in [2.24, 2.45) is 5.10 Å². The Hall–Kier alpha value is -3.30. The molecule has 0 saturated carbocycles. The van der Waals surface area contributed by atoms with Gasteiger partial charge in [0.2, 0.25) is 5.75 Å². The normalized spacial score (nSPS) is 14.1. The number of amides is 1. The molecule has 0 aromatic heterocycles. The van der Waals surface area contributed by atoms with Crippen LogP contribution in [0.3, 0.4) is 0 Å². The average molecular weight is 486 g/mol. The summed E-state index contributed by atoms with van der Waals surface area (Å²) in [6.07, 6.45) is 1.61. The van der Waals surface area contributed by atoms with E-state index in [1.807, 2.05) is 39.0 Å². The molecule has 0 bridgehead atoms. The highest BCUT2D eigenvalue weighted by atomic mass is 16.5. The van der Waals surface area contributed by atoms with Crippen LogP contribution in [0, 0.1) is 0 Å². The summed E-state index contributed by atoms with van der Waals surface area (Å²) in [6.45, 7) is 10.9. The molecule has 1 amide bonds. The lowest BCUT2D eigenvalue weighted by Gasteiger charge is -2.27. The Balaban J connectivity index is 1.74. The highest BCUT2D eigenvalue weighted by Crippen LogP contribution is 2.39. The summed E-state index contributed by atoms with van der Waals surface area (Å²) in [7, 11) is 1.66. The Bertz CT molecular complexity index is 978. The maximum Gasteiger partial charge on any atom is 0.271 e. The molecule has 0 radical (unpaired) electrons. The maximum absolute atomic E-state index is 12.8. The average Bonchev–Trinajstić information content (AvgIpc) is 2.87. The summed E-state index contributed by atoms with van der Waals surface area (Å²) in [5, 5.41) is 4.16. The van der Waals surface area contributed by atoms with E-state index in [-0.39, 0.29) is 5.91 Å². The number of morpholine rings is 1. The van der Waals surface area contributed by atoms with Crippen molar-refractivity contribution >= 4 is 12.1 Å². The fraction of sp³-hybridized carbons (Fsp3) is 0.462. The van der Waals surface area contributed by atoms with E-state index in [0.717, 1.165) is 49.7 Å². The third-order valence-corrected chi connectivity index (χ3v) is 5.35. The van der Waals surface area contributed by atoms with Crippen molar-refractivity contribution in [2.75, 3.05) is 53.2 Å². The van der Waals surface area contributed by atoms with Crippen molar-refractivity contribution in [3.8, 4) is 23.0 Å².